The Morgan fingerprint density at radius 3 is 2.67 bits per heavy atom. The summed E-state index contributed by atoms with van der Waals surface area (Å²) in [7, 11) is 1.70. The fraction of sp³-hybridized carbons (Fsp3) is 0.667. The molecule has 0 saturated carbocycles. The summed E-state index contributed by atoms with van der Waals surface area (Å²) >= 11 is 0. The number of hydrogen-bond acceptors (Lipinski definition) is 2. The van der Waals surface area contributed by atoms with Gasteiger partial charge in [0.1, 0.15) is 0 Å². The minimum absolute atomic E-state index is 0.458. The van der Waals surface area contributed by atoms with Crippen LogP contribution in [0.25, 0.3) is 0 Å². The predicted octanol–water partition coefficient (Wildman–Crippen LogP) is 1.99. The second kappa shape index (κ2) is 3.72. The summed E-state index contributed by atoms with van der Waals surface area (Å²) in [4.78, 5) is 0. The Morgan fingerprint density at radius 1 is 1.50 bits per heavy atom. The van der Waals surface area contributed by atoms with Crippen molar-refractivity contribution in [1.82, 2.24) is 10.2 Å². The molecule has 0 aliphatic rings. The van der Waals surface area contributed by atoms with Crippen LogP contribution in [0.3, 0.4) is 0 Å². The molecule has 68 valence electrons. The van der Waals surface area contributed by atoms with E-state index < -0.39 is 0 Å². The van der Waals surface area contributed by atoms with Crippen molar-refractivity contribution in [3.63, 3.8) is 0 Å². The van der Waals surface area contributed by atoms with E-state index in [4.69, 9.17) is 4.74 Å². The maximum atomic E-state index is 5.10. The van der Waals surface area contributed by atoms with Crippen molar-refractivity contribution >= 4 is 0 Å². The van der Waals surface area contributed by atoms with Crippen molar-refractivity contribution in [2.75, 3.05) is 7.11 Å². The van der Waals surface area contributed by atoms with Crippen molar-refractivity contribution in [2.24, 2.45) is 0 Å². The van der Waals surface area contributed by atoms with Crippen LogP contribution in [0, 0.1) is 6.92 Å². The first-order chi connectivity index (χ1) is 5.66. The van der Waals surface area contributed by atoms with Crippen molar-refractivity contribution in [2.45, 2.75) is 33.3 Å². The van der Waals surface area contributed by atoms with E-state index >= 15 is 0 Å². The van der Waals surface area contributed by atoms with Crippen LogP contribution in [0.15, 0.2) is 0 Å². The molecule has 0 spiro atoms. The standard InChI is InChI=1S/C9H16N2O/c1-6(2)9-8(5-12-4)7(3)10-11-9/h6H,5H2,1-4H3,(H,10,11). The quantitative estimate of drug-likeness (QED) is 0.749. The topological polar surface area (TPSA) is 37.9 Å². The third-order valence-corrected chi connectivity index (χ3v) is 1.94. The Morgan fingerprint density at radius 2 is 2.17 bits per heavy atom. The van der Waals surface area contributed by atoms with Gasteiger partial charge in [-0.3, -0.25) is 5.10 Å². The Labute approximate surface area is 73.1 Å². The smallest absolute Gasteiger partial charge is 0.0749 e. The van der Waals surface area contributed by atoms with Crippen molar-refractivity contribution in [3.05, 3.63) is 17.0 Å². The first-order valence-electron chi connectivity index (χ1n) is 4.19. The number of methoxy groups -OCH3 is 1. The van der Waals surface area contributed by atoms with Crippen LogP contribution in [0.4, 0.5) is 0 Å². The van der Waals surface area contributed by atoms with E-state index in [9.17, 15) is 0 Å². The highest BCUT2D eigenvalue weighted by atomic mass is 16.5. The van der Waals surface area contributed by atoms with Crippen LogP contribution >= 0.6 is 0 Å². The number of hydrogen-bond donors (Lipinski definition) is 1. The Hall–Kier alpha value is -0.830. The predicted molar refractivity (Wildman–Crippen MR) is 48.1 cm³/mol. The van der Waals surface area contributed by atoms with Crippen molar-refractivity contribution in [3.8, 4) is 0 Å². The lowest BCUT2D eigenvalue weighted by Crippen LogP contribution is -1.96. The van der Waals surface area contributed by atoms with Gasteiger partial charge in [-0.05, 0) is 12.8 Å². The zero-order valence-corrected chi connectivity index (χ0v) is 8.14. The average molecular weight is 168 g/mol. The minimum atomic E-state index is 0.458. The molecule has 0 saturated heterocycles. The highest BCUT2D eigenvalue weighted by Crippen LogP contribution is 2.19. The van der Waals surface area contributed by atoms with Gasteiger partial charge in [-0.15, -0.1) is 0 Å². The van der Waals surface area contributed by atoms with Gasteiger partial charge in [0.15, 0.2) is 0 Å². The van der Waals surface area contributed by atoms with Crippen LogP contribution in [-0.4, -0.2) is 17.3 Å². The minimum Gasteiger partial charge on any atom is -0.380 e. The Bertz CT molecular complexity index is 253. The van der Waals surface area contributed by atoms with Crippen LogP contribution in [-0.2, 0) is 11.3 Å². The molecular weight excluding hydrogens is 152 g/mol. The fourth-order valence-electron chi connectivity index (χ4n) is 1.28. The zero-order valence-electron chi connectivity index (χ0n) is 8.14. The third kappa shape index (κ3) is 1.67. The second-order valence-corrected chi connectivity index (χ2v) is 3.30. The number of aromatic nitrogens is 2. The van der Waals surface area contributed by atoms with E-state index in [1.165, 1.54) is 5.56 Å². The van der Waals surface area contributed by atoms with Gasteiger partial charge in [0.2, 0.25) is 0 Å². The van der Waals surface area contributed by atoms with Crippen molar-refractivity contribution in [1.29, 1.82) is 0 Å². The van der Waals surface area contributed by atoms with Gasteiger partial charge in [0.25, 0.3) is 0 Å². The molecule has 0 bridgehead atoms. The van der Waals surface area contributed by atoms with Gasteiger partial charge >= 0.3 is 0 Å². The summed E-state index contributed by atoms with van der Waals surface area (Å²) in [5.41, 5.74) is 3.43. The number of aryl methyl sites for hydroxylation is 1. The summed E-state index contributed by atoms with van der Waals surface area (Å²) in [5.74, 6) is 0.458. The molecule has 0 aliphatic carbocycles. The lowest BCUT2D eigenvalue weighted by Gasteiger charge is -2.04. The van der Waals surface area contributed by atoms with Gasteiger partial charge in [-0.25, -0.2) is 0 Å². The molecule has 0 atom stereocenters. The Balaban J connectivity index is 2.95. The van der Waals surface area contributed by atoms with Crippen LogP contribution in [0.5, 0.6) is 0 Å². The summed E-state index contributed by atoms with van der Waals surface area (Å²) < 4.78 is 5.10. The molecule has 0 amide bonds. The molecule has 0 aliphatic heterocycles. The van der Waals surface area contributed by atoms with Crippen LogP contribution in [0.2, 0.25) is 0 Å². The molecule has 3 nitrogen and oxygen atoms in total. The first kappa shape index (κ1) is 9.26. The molecule has 1 aromatic heterocycles. The van der Waals surface area contributed by atoms with E-state index in [-0.39, 0.29) is 0 Å². The first-order valence-corrected chi connectivity index (χ1v) is 4.19. The van der Waals surface area contributed by atoms with E-state index in [1.54, 1.807) is 7.11 Å². The molecule has 0 fully saturated rings. The molecule has 1 heterocycles. The van der Waals surface area contributed by atoms with Gasteiger partial charge in [0, 0.05) is 18.4 Å². The largest absolute Gasteiger partial charge is 0.380 e. The zero-order chi connectivity index (χ0) is 9.14. The number of nitrogens with one attached hydrogen (secondary N) is 1. The van der Waals surface area contributed by atoms with Crippen LogP contribution in [0.1, 0.15) is 36.7 Å². The van der Waals surface area contributed by atoms with E-state index in [1.807, 2.05) is 6.92 Å². The lowest BCUT2D eigenvalue weighted by molar-refractivity contribution is 0.183. The molecule has 0 radical (unpaired) electrons. The maximum Gasteiger partial charge on any atom is 0.0749 e. The van der Waals surface area contributed by atoms with Gasteiger partial charge in [-0.2, -0.15) is 5.10 Å². The molecule has 3 heteroatoms. The number of aromatic amines is 1. The van der Waals surface area contributed by atoms with Crippen molar-refractivity contribution < 1.29 is 4.74 Å². The lowest BCUT2D eigenvalue weighted by atomic mass is 10.1. The maximum absolute atomic E-state index is 5.10. The molecule has 1 N–H and O–H groups in total. The molecule has 0 aromatic carbocycles. The van der Waals surface area contributed by atoms with Crippen LogP contribution < -0.4 is 0 Å². The number of H-pyrrole nitrogens is 1. The summed E-state index contributed by atoms with van der Waals surface area (Å²) in [6, 6.07) is 0. The summed E-state index contributed by atoms with van der Waals surface area (Å²) in [5, 5.41) is 7.20. The van der Waals surface area contributed by atoms with E-state index in [0.717, 1.165) is 11.4 Å². The monoisotopic (exact) mass is 168 g/mol. The Kier molecular flexibility index (Phi) is 2.87. The molecule has 1 rings (SSSR count). The SMILES string of the molecule is COCc1c(C(C)C)n[nH]c1C. The fourth-order valence-corrected chi connectivity index (χ4v) is 1.28. The molecular formula is C9H16N2O. The van der Waals surface area contributed by atoms with E-state index in [2.05, 4.69) is 24.0 Å². The van der Waals surface area contributed by atoms with Gasteiger partial charge in [-0.1, -0.05) is 13.8 Å². The summed E-state index contributed by atoms with van der Waals surface area (Å²) in [6.07, 6.45) is 0. The highest BCUT2D eigenvalue weighted by molar-refractivity contribution is 5.25. The third-order valence-electron chi connectivity index (χ3n) is 1.94. The van der Waals surface area contributed by atoms with E-state index in [0.29, 0.717) is 12.5 Å². The van der Waals surface area contributed by atoms with Gasteiger partial charge in [0.05, 0.1) is 12.3 Å². The van der Waals surface area contributed by atoms with Gasteiger partial charge < -0.3 is 4.74 Å². The summed E-state index contributed by atoms with van der Waals surface area (Å²) in [6.45, 7) is 6.94. The normalized spacial score (nSPS) is 11.1. The second-order valence-electron chi connectivity index (χ2n) is 3.30. The molecule has 0 unspecified atom stereocenters. The highest BCUT2D eigenvalue weighted by Gasteiger charge is 2.12. The number of nitrogens with zero attached hydrogens (tertiary/aromatic N) is 1. The average Bonchev–Trinajstić information content (AvgIpc) is 2.34. The molecule has 1 aromatic rings. The molecule has 12 heavy (non-hydrogen) atoms. The number of ether oxygens (including phenoxy) is 1. The number of rotatable bonds is 3.